The molecule has 2 atom stereocenters. The van der Waals surface area contributed by atoms with E-state index >= 15 is 0 Å². The van der Waals surface area contributed by atoms with Crippen molar-refractivity contribution in [3.63, 3.8) is 0 Å². The number of primary amides is 1. The Morgan fingerprint density at radius 3 is 2.52 bits per heavy atom. The zero-order chi connectivity index (χ0) is 16.0. The second-order valence-electron chi connectivity index (χ2n) is 5.85. The Kier molecular flexibility index (Phi) is 7.01. The predicted octanol–water partition coefficient (Wildman–Crippen LogP) is 0.357. The van der Waals surface area contributed by atoms with E-state index in [9.17, 15) is 14.4 Å². The predicted molar refractivity (Wildman–Crippen MR) is 83.7 cm³/mol. The van der Waals surface area contributed by atoms with E-state index < -0.39 is 11.9 Å². The zero-order valence-corrected chi connectivity index (χ0v) is 13.7. The molecular weight excluding hydrogens is 290 g/mol. The number of rotatable bonds is 6. The van der Waals surface area contributed by atoms with Gasteiger partial charge in [-0.05, 0) is 5.92 Å². The zero-order valence-electron chi connectivity index (χ0n) is 12.9. The summed E-state index contributed by atoms with van der Waals surface area (Å²) in [4.78, 5) is 37.2. The first kappa shape index (κ1) is 17.8. The fourth-order valence-electron chi connectivity index (χ4n) is 2.26. The van der Waals surface area contributed by atoms with Crippen molar-refractivity contribution in [3.05, 3.63) is 0 Å². The van der Waals surface area contributed by atoms with E-state index in [-0.39, 0.29) is 24.2 Å². The van der Waals surface area contributed by atoms with Crippen LogP contribution in [0.25, 0.3) is 0 Å². The fraction of sp³-hybridized carbons (Fsp3) is 0.786. The van der Waals surface area contributed by atoms with Crippen LogP contribution in [0.15, 0.2) is 0 Å². The molecule has 1 rings (SSSR count). The van der Waals surface area contributed by atoms with Gasteiger partial charge in [0.2, 0.25) is 17.7 Å². The summed E-state index contributed by atoms with van der Waals surface area (Å²) in [6, 6.07) is -0.843. The molecule has 1 heterocycles. The van der Waals surface area contributed by atoms with Crippen LogP contribution in [-0.2, 0) is 14.4 Å². The van der Waals surface area contributed by atoms with Crippen LogP contribution in [0.1, 0.15) is 33.6 Å². The summed E-state index contributed by atoms with van der Waals surface area (Å²) in [6.07, 6.45) is 0.176. The molecular formula is C14H25N3O3S. The number of nitrogens with two attached hydrogens (primary N) is 1. The third kappa shape index (κ3) is 6.37. The van der Waals surface area contributed by atoms with Crippen molar-refractivity contribution in [1.82, 2.24) is 10.2 Å². The quantitative estimate of drug-likeness (QED) is 0.740. The Morgan fingerprint density at radius 2 is 2.00 bits per heavy atom. The Morgan fingerprint density at radius 1 is 1.33 bits per heavy atom. The van der Waals surface area contributed by atoms with Crippen molar-refractivity contribution in [2.75, 3.05) is 18.8 Å². The van der Waals surface area contributed by atoms with Crippen LogP contribution in [0, 0.1) is 5.92 Å². The first-order valence-electron chi connectivity index (χ1n) is 7.27. The van der Waals surface area contributed by atoms with Gasteiger partial charge >= 0.3 is 0 Å². The summed E-state index contributed by atoms with van der Waals surface area (Å²) in [5, 5.41) is 3.02. The molecule has 21 heavy (non-hydrogen) atoms. The molecule has 0 aromatic heterocycles. The monoisotopic (exact) mass is 315 g/mol. The number of carbonyl (C=O) groups is 3. The van der Waals surface area contributed by atoms with Crippen LogP contribution in [0.2, 0.25) is 0 Å². The van der Waals surface area contributed by atoms with Crippen LogP contribution >= 0.6 is 11.8 Å². The normalized spacial score (nSPS) is 20.2. The molecule has 0 unspecified atom stereocenters. The lowest BCUT2D eigenvalue weighted by Gasteiger charge is -2.33. The average molecular weight is 315 g/mol. The maximum Gasteiger partial charge on any atom is 0.245 e. The number of carbonyl (C=O) groups excluding carboxylic acids is 3. The molecule has 0 saturated carbocycles. The number of amides is 3. The molecule has 0 spiro atoms. The van der Waals surface area contributed by atoms with Crippen LogP contribution < -0.4 is 11.1 Å². The highest BCUT2D eigenvalue weighted by molar-refractivity contribution is 7.99. The number of hydrogen-bond donors (Lipinski definition) is 2. The molecule has 0 aromatic rings. The van der Waals surface area contributed by atoms with Gasteiger partial charge in [-0.2, -0.15) is 11.8 Å². The van der Waals surface area contributed by atoms with E-state index in [0.29, 0.717) is 24.8 Å². The minimum Gasteiger partial charge on any atom is -0.370 e. The van der Waals surface area contributed by atoms with Gasteiger partial charge in [-0.15, -0.1) is 0 Å². The summed E-state index contributed by atoms with van der Waals surface area (Å²) in [7, 11) is 0. The molecule has 0 aromatic carbocycles. The highest BCUT2D eigenvalue weighted by Gasteiger charge is 2.30. The number of hydrogen-bond acceptors (Lipinski definition) is 4. The molecule has 6 nitrogen and oxygen atoms in total. The summed E-state index contributed by atoms with van der Waals surface area (Å²) in [5.74, 6) is 0.0521. The number of nitrogens with zero attached hydrogens (tertiary/aromatic N) is 1. The Balaban J connectivity index is 2.69. The first-order chi connectivity index (χ1) is 9.79. The van der Waals surface area contributed by atoms with Crippen molar-refractivity contribution in [2.24, 2.45) is 11.7 Å². The largest absolute Gasteiger partial charge is 0.370 e. The molecule has 0 radical (unpaired) electrons. The second kappa shape index (κ2) is 8.26. The van der Waals surface area contributed by atoms with Gasteiger partial charge in [0.1, 0.15) is 6.04 Å². The van der Waals surface area contributed by atoms with E-state index in [0.717, 1.165) is 5.75 Å². The van der Waals surface area contributed by atoms with E-state index in [4.69, 9.17) is 5.73 Å². The summed E-state index contributed by atoms with van der Waals surface area (Å²) in [6.45, 7) is 7.19. The van der Waals surface area contributed by atoms with E-state index in [1.54, 1.807) is 4.90 Å². The van der Waals surface area contributed by atoms with E-state index in [1.165, 1.54) is 0 Å². The van der Waals surface area contributed by atoms with Gasteiger partial charge in [0.15, 0.2) is 0 Å². The van der Waals surface area contributed by atoms with Gasteiger partial charge in [0.25, 0.3) is 0 Å². The SMILES string of the molecule is CC(C)CC(=O)N[C@@H](CC(N)=O)C(=O)N1CCS[C@H](C)C1. The lowest BCUT2D eigenvalue weighted by molar-refractivity contribution is -0.138. The summed E-state index contributed by atoms with van der Waals surface area (Å²) < 4.78 is 0. The summed E-state index contributed by atoms with van der Waals surface area (Å²) >= 11 is 1.81. The van der Waals surface area contributed by atoms with Gasteiger partial charge in [-0.25, -0.2) is 0 Å². The van der Waals surface area contributed by atoms with Crippen molar-refractivity contribution in [3.8, 4) is 0 Å². The molecule has 120 valence electrons. The van der Waals surface area contributed by atoms with Crippen LogP contribution in [0.4, 0.5) is 0 Å². The smallest absolute Gasteiger partial charge is 0.245 e. The third-order valence-corrected chi connectivity index (χ3v) is 4.32. The van der Waals surface area contributed by atoms with Crippen molar-refractivity contribution < 1.29 is 14.4 Å². The van der Waals surface area contributed by atoms with Gasteiger partial charge in [-0.1, -0.05) is 20.8 Å². The molecule has 0 bridgehead atoms. The van der Waals surface area contributed by atoms with Crippen LogP contribution in [0.3, 0.4) is 0 Å². The Bertz CT molecular complexity index is 401. The third-order valence-electron chi connectivity index (χ3n) is 3.19. The molecule has 3 amide bonds. The number of nitrogens with one attached hydrogen (secondary N) is 1. The molecule has 1 saturated heterocycles. The molecule has 1 aliphatic rings. The average Bonchev–Trinajstić information content (AvgIpc) is 2.35. The van der Waals surface area contributed by atoms with Gasteiger partial charge < -0.3 is 16.0 Å². The van der Waals surface area contributed by atoms with Crippen molar-refractivity contribution in [1.29, 1.82) is 0 Å². The highest BCUT2D eigenvalue weighted by Crippen LogP contribution is 2.18. The molecule has 1 fully saturated rings. The maximum absolute atomic E-state index is 12.5. The molecule has 1 aliphatic heterocycles. The Hall–Kier alpha value is -1.24. The van der Waals surface area contributed by atoms with Gasteiger partial charge in [-0.3, -0.25) is 14.4 Å². The van der Waals surface area contributed by atoms with Crippen molar-refractivity contribution >= 4 is 29.5 Å². The summed E-state index contributed by atoms with van der Waals surface area (Å²) in [5.41, 5.74) is 5.20. The molecule has 7 heteroatoms. The van der Waals surface area contributed by atoms with E-state index in [1.807, 2.05) is 25.6 Å². The molecule has 0 aliphatic carbocycles. The maximum atomic E-state index is 12.5. The van der Waals surface area contributed by atoms with Gasteiger partial charge in [0.05, 0.1) is 6.42 Å². The standard InChI is InChI=1S/C14H25N3O3S/c1-9(2)6-13(19)16-11(7-12(15)18)14(20)17-4-5-21-10(3)8-17/h9-11H,4-8H2,1-3H3,(H2,15,18)(H,16,19)/t10-,11+/m1/s1. The van der Waals surface area contributed by atoms with Crippen LogP contribution in [-0.4, -0.2) is 52.8 Å². The van der Waals surface area contributed by atoms with Gasteiger partial charge in [0, 0.05) is 30.5 Å². The highest BCUT2D eigenvalue weighted by atomic mass is 32.2. The number of thioether (sulfide) groups is 1. The lowest BCUT2D eigenvalue weighted by Crippen LogP contribution is -2.53. The Labute approximate surface area is 130 Å². The first-order valence-corrected chi connectivity index (χ1v) is 8.32. The van der Waals surface area contributed by atoms with E-state index in [2.05, 4.69) is 12.2 Å². The van der Waals surface area contributed by atoms with Crippen molar-refractivity contribution in [2.45, 2.75) is 44.9 Å². The molecule has 3 N–H and O–H groups in total. The topological polar surface area (TPSA) is 92.5 Å². The second-order valence-corrected chi connectivity index (χ2v) is 7.40. The minimum atomic E-state index is -0.843. The van der Waals surface area contributed by atoms with Crippen LogP contribution in [0.5, 0.6) is 0 Å². The lowest BCUT2D eigenvalue weighted by atomic mass is 10.1. The minimum absolute atomic E-state index is 0.152. The fourth-order valence-corrected chi connectivity index (χ4v) is 3.28.